The SMILES string of the molecule is Cc1cc(F)ccc1S(=O)(=O)N1CCCO[C@H]1CNC(=O)C(=O)NCc1ccc2c(c1)OCO2. The molecular weight excluding hydrogens is 469 g/mol. The highest BCUT2D eigenvalue weighted by atomic mass is 32.2. The van der Waals surface area contributed by atoms with Crippen LogP contribution in [0.5, 0.6) is 11.5 Å². The Hall–Kier alpha value is -3.22. The molecule has 1 saturated heterocycles. The molecule has 2 aromatic rings. The lowest BCUT2D eigenvalue weighted by Gasteiger charge is -2.34. The molecule has 0 radical (unpaired) electrons. The summed E-state index contributed by atoms with van der Waals surface area (Å²) in [6, 6.07) is 8.57. The standard InChI is InChI=1S/C22H24FN3O7S/c1-14-9-16(23)4-6-19(14)34(29,30)26-7-2-8-31-20(26)12-25-22(28)21(27)24-11-15-3-5-17-18(10-15)33-13-32-17/h3-6,9-10,20H,2,7-8,11-13H2,1H3,(H,24,27)(H,25,28)/t20-/m0/s1. The molecule has 2 aliphatic rings. The van der Waals surface area contributed by atoms with E-state index in [9.17, 15) is 22.4 Å². The summed E-state index contributed by atoms with van der Waals surface area (Å²) in [5.74, 6) is -1.18. The quantitative estimate of drug-likeness (QED) is 0.576. The van der Waals surface area contributed by atoms with Crippen LogP contribution >= 0.6 is 0 Å². The molecule has 2 N–H and O–H groups in total. The topological polar surface area (TPSA) is 123 Å². The molecule has 4 rings (SSSR count). The molecule has 2 aromatic carbocycles. The minimum absolute atomic E-state index is 0.0443. The minimum atomic E-state index is -4.01. The summed E-state index contributed by atoms with van der Waals surface area (Å²) in [6.45, 7) is 1.95. The van der Waals surface area contributed by atoms with Crippen molar-refractivity contribution in [2.24, 2.45) is 0 Å². The van der Waals surface area contributed by atoms with Gasteiger partial charge in [-0.05, 0) is 54.8 Å². The molecular formula is C22H24FN3O7S. The first kappa shape index (κ1) is 23.9. The van der Waals surface area contributed by atoms with Gasteiger partial charge in [-0.3, -0.25) is 9.59 Å². The number of benzene rings is 2. The normalized spacial score (nSPS) is 17.9. The van der Waals surface area contributed by atoms with Gasteiger partial charge in [0.05, 0.1) is 18.0 Å². The summed E-state index contributed by atoms with van der Waals surface area (Å²) in [7, 11) is -4.01. The van der Waals surface area contributed by atoms with Crippen molar-refractivity contribution in [3.05, 3.63) is 53.3 Å². The van der Waals surface area contributed by atoms with Gasteiger partial charge in [0.15, 0.2) is 11.5 Å². The third kappa shape index (κ3) is 5.13. The first-order valence-electron chi connectivity index (χ1n) is 10.6. The fraction of sp³-hybridized carbons (Fsp3) is 0.364. The molecule has 0 unspecified atom stereocenters. The Morgan fingerprint density at radius 1 is 1.09 bits per heavy atom. The summed E-state index contributed by atoms with van der Waals surface area (Å²) < 4.78 is 56.9. The Morgan fingerprint density at radius 3 is 2.65 bits per heavy atom. The molecule has 182 valence electrons. The van der Waals surface area contributed by atoms with Crippen molar-refractivity contribution < 1.29 is 36.6 Å². The summed E-state index contributed by atoms with van der Waals surface area (Å²) in [4.78, 5) is 24.4. The van der Waals surface area contributed by atoms with Gasteiger partial charge >= 0.3 is 11.8 Å². The minimum Gasteiger partial charge on any atom is -0.454 e. The highest BCUT2D eigenvalue weighted by Crippen LogP contribution is 2.32. The summed E-state index contributed by atoms with van der Waals surface area (Å²) in [6.07, 6.45) is -0.547. The fourth-order valence-corrected chi connectivity index (χ4v) is 5.48. The Labute approximate surface area is 196 Å². The van der Waals surface area contributed by atoms with Gasteiger partial charge in [-0.15, -0.1) is 0 Å². The highest BCUT2D eigenvalue weighted by molar-refractivity contribution is 7.89. The zero-order valence-corrected chi connectivity index (χ0v) is 19.2. The van der Waals surface area contributed by atoms with Crippen LogP contribution in [0.4, 0.5) is 4.39 Å². The average Bonchev–Trinajstić information content (AvgIpc) is 3.29. The van der Waals surface area contributed by atoms with E-state index in [0.29, 0.717) is 30.1 Å². The lowest BCUT2D eigenvalue weighted by atomic mass is 10.2. The van der Waals surface area contributed by atoms with Crippen LogP contribution in [0.1, 0.15) is 17.5 Å². The average molecular weight is 494 g/mol. The number of sulfonamides is 1. The fourth-order valence-electron chi connectivity index (χ4n) is 3.70. The third-order valence-electron chi connectivity index (χ3n) is 5.41. The zero-order chi connectivity index (χ0) is 24.3. The Balaban J connectivity index is 1.35. The second-order valence-corrected chi connectivity index (χ2v) is 9.64. The van der Waals surface area contributed by atoms with E-state index in [2.05, 4.69) is 10.6 Å². The molecule has 2 aliphatic heterocycles. The molecule has 12 heteroatoms. The van der Waals surface area contributed by atoms with Crippen LogP contribution in [0, 0.1) is 12.7 Å². The van der Waals surface area contributed by atoms with Crippen LogP contribution in [0.15, 0.2) is 41.3 Å². The van der Waals surface area contributed by atoms with Crippen molar-refractivity contribution in [2.45, 2.75) is 31.0 Å². The molecule has 0 bridgehead atoms. The maximum Gasteiger partial charge on any atom is 0.309 e. The molecule has 34 heavy (non-hydrogen) atoms. The van der Waals surface area contributed by atoms with E-state index >= 15 is 0 Å². The maximum absolute atomic E-state index is 13.4. The number of ether oxygens (including phenoxy) is 3. The van der Waals surface area contributed by atoms with Gasteiger partial charge in [-0.1, -0.05) is 6.07 Å². The van der Waals surface area contributed by atoms with Crippen molar-refractivity contribution in [1.82, 2.24) is 14.9 Å². The van der Waals surface area contributed by atoms with Gasteiger partial charge in [0.1, 0.15) is 12.0 Å². The van der Waals surface area contributed by atoms with Gasteiger partial charge in [0.25, 0.3) is 0 Å². The second kappa shape index (κ2) is 9.95. The predicted octanol–water partition coefficient (Wildman–Crippen LogP) is 1.03. The van der Waals surface area contributed by atoms with Crippen LogP contribution in [-0.4, -0.2) is 57.3 Å². The molecule has 0 aromatic heterocycles. The number of aryl methyl sites for hydroxylation is 1. The van der Waals surface area contributed by atoms with E-state index in [-0.39, 0.29) is 36.9 Å². The first-order chi connectivity index (χ1) is 16.3. The lowest BCUT2D eigenvalue weighted by Crippen LogP contribution is -2.53. The van der Waals surface area contributed by atoms with Gasteiger partial charge in [-0.2, -0.15) is 4.31 Å². The molecule has 1 fully saturated rings. The van der Waals surface area contributed by atoms with Gasteiger partial charge in [0.2, 0.25) is 16.8 Å². The largest absolute Gasteiger partial charge is 0.454 e. The van der Waals surface area contributed by atoms with E-state index in [1.165, 1.54) is 13.0 Å². The van der Waals surface area contributed by atoms with Crippen LogP contribution in [-0.2, 0) is 30.9 Å². The summed E-state index contributed by atoms with van der Waals surface area (Å²) >= 11 is 0. The van der Waals surface area contributed by atoms with E-state index < -0.39 is 33.9 Å². The number of hydrogen-bond acceptors (Lipinski definition) is 7. The van der Waals surface area contributed by atoms with Crippen LogP contribution in [0.2, 0.25) is 0 Å². The van der Waals surface area contributed by atoms with Crippen LogP contribution in [0.25, 0.3) is 0 Å². The van der Waals surface area contributed by atoms with Gasteiger partial charge < -0.3 is 24.8 Å². The Bertz CT molecular complexity index is 1200. The molecule has 2 amide bonds. The molecule has 2 heterocycles. The summed E-state index contributed by atoms with van der Waals surface area (Å²) in [5, 5.41) is 4.92. The number of carbonyl (C=O) groups is 2. The van der Waals surface area contributed by atoms with Crippen molar-refractivity contribution in [3.63, 3.8) is 0 Å². The van der Waals surface area contributed by atoms with Crippen LogP contribution < -0.4 is 20.1 Å². The molecule has 10 nitrogen and oxygen atoms in total. The molecule has 1 atom stereocenters. The van der Waals surface area contributed by atoms with E-state index in [1.54, 1.807) is 18.2 Å². The molecule has 0 saturated carbocycles. The molecule has 0 spiro atoms. The number of hydrogen-bond donors (Lipinski definition) is 2. The summed E-state index contributed by atoms with van der Waals surface area (Å²) in [5.41, 5.74) is 0.976. The predicted molar refractivity (Wildman–Crippen MR) is 117 cm³/mol. The Kier molecular flexibility index (Phi) is 7.00. The van der Waals surface area contributed by atoms with Crippen molar-refractivity contribution in [2.75, 3.05) is 26.5 Å². The Morgan fingerprint density at radius 2 is 1.85 bits per heavy atom. The van der Waals surface area contributed by atoms with E-state index in [4.69, 9.17) is 14.2 Å². The number of carbonyl (C=O) groups excluding carboxylic acids is 2. The number of nitrogens with one attached hydrogen (secondary N) is 2. The van der Waals surface area contributed by atoms with E-state index in [1.807, 2.05) is 0 Å². The van der Waals surface area contributed by atoms with E-state index in [0.717, 1.165) is 16.4 Å². The zero-order valence-electron chi connectivity index (χ0n) is 18.4. The highest BCUT2D eigenvalue weighted by Gasteiger charge is 2.35. The first-order valence-corrected chi connectivity index (χ1v) is 12.0. The smallest absolute Gasteiger partial charge is 0.309 e. The second-order valence-electron chi connectivity index (χ2n) is 7.78. The van der Waals surface area contributed by atoms with Gasteiger partial charge in [0, 0.05) is 13.1 Å². The van der Waals surface area contributed by atoms with Gasteiger partial charge in [-0.25, -0.2) is 12.8 Å². The van der Waals surface area contributed by atoms with Crippen molar-refractivity contribution in [3.8, 4) is 11.5 Å². The number of rotatable bonds is 6. The lowest BCUT2D eigenvalue weighted by molar-refractivity contribution is -0.140. The van der Waals surface area contributed by atoms with Crippen molar-refractivity contribution >= 4 is 21.8 Å². The maximum atomic E-state index is 13.4. The third-order valence-corrected chi connectivity index (χ3v) is 7.46. The monoisotopic (exact) mass is 493 g/mol. The number of halogens is 1. The number of fused-ring (bicyclic) bond motifs is 1. The van der Waals surface area contributed by atoms with Crippen molar-refractivity contribution in [1.29, 1.82) is 0 Å². The number of amides is 2. The number of nitrogens with zero attached hydrogens (tertiary/aromatic N) is 1. The van der Waals surface area contributed by atoms with Crippen LogP contribution in [0.3, 0.4) is 0 Å². The molecule has 0 aliphatic carbocycles.